The molecule has 1 aliphatic heterocycles. The summed E-state index contributed by atoms with van der Waals surface area (Å²) < 4.78 is 18.9. The summed E-state index contributed by atoms with van der Waals surface area (Å²) in [6, 6.07) is 6.01. The van der Waals surface area contributed by atoms with Crippen LogP contribution in [0.1, 0.15) is 30.8 Å². The number of amidine groups is 1. The molecule has 0 fully saturated rings. The van der Waals surface area contributed by atoms with Crippen LogP contribution in [-0.4, -0.2) is 28.7 Å². The predicted molar refractivity (Wildman–Crippen MR) is 108 cm³/mol. The van der Waals surface area contributed by atoms with Crippen LogP contribution in [0.25, 0.3) is 0 Å². The summed E-state index contributed by atoms with van der Waals surface area (Å²) in [4.78, 5) is 22.0. The zero-order valence-corrected chi connectivity index (χ0v) is 17.4. The van der Waals surface area contributed by atoms with E-state index in [0.717, 1.165) is 6.42 Å². The number of carbonyl (C=O) groups excluding carboxylic acids is 1. The maximum atomic E-state index is 13.5. The smallest absolute Gasteiger partial charge is 0.338 e. The van der Waals surface area contributed by atoms with Crippen molar-refractivity contribution in [3.05, 3.63) is 63.5 Å². The van der Waals surface area contributed by atoms with Crippen LogP contribution in [0.5, 0.6) is 0 Å². The van der Waals surface area contributed by atoms with Gasteiger partial charge in [-0.05, 0) is 31.0 Å². The fraction of sp³-hybridized carbons (Fsp3) is 0.316. The number of hydrogen-bond acceptors (Lipinski definition) is 6. The first kappa shape index (κ1) is 19.7. The molecule has 0 amide bonds. The van der Waals surface area contributed by atoms with Gasteiger partial charge in [0.15, 0.2) is 10.8 Å². The molecule has 1 N–H and O–H groups in total. The molecule has 0 spiro atoms. The van der Waals surface area contributed by atoms with Crippen LogP contribution in [0.3, 0.4) is 0 Å². The van der Waals surface area contributed by atoms with Gasteiger partial charge < -0.3 is 10.1 Å². The Kier molecular flexibility index (Phi) is 6.06. The highest BCUT2D eigenvalue weighted by molar-refractivity contribution is 9.09. The van der Waals surface area contributed by atoms with Gasteiger partial charge in [0.1, 0.15) is 11.4 Å². The van der Waals surface area contributed by atoms with Crippen LogP contribution >= 0.6 is 27.3 Å². The van der Waals surface area contributed by atoms with Gasteiger partial charge >= 0.3 is 5.97 Å². The molecule has 8 heteroatoms. The van der Waals surface area contributed by atoms with E-state index >= 15 is 0 Å². The Hall–Kier alpha value is -2.06. The number of rotatable bonds is 6. The second-order valence-corrected chi connectivity index (χ2v) is 7.58. The lowest BCUT2D eigenvalue weighted by Crippen LogP contribution is -2.42. The van der Waals surface area contributed by atoms with Gasteiger partial charge in [0.05, 0.1) is 12.2 Å². The number of hydrogen-bond donors (Lipinski definition) is 1. The third-order valence-electron chi connectivity index (χ3n) is 4.21. The molecule has 0 saturated heterocycles. The zero-order valence-electron chi connectivity index (χ0n) is 15.0. The number of ether oxygens (including phenoxy) is 1. The average Bonchev–Trinajstić information content (AvgIpc) is 3.20. The third kappa shape index (κ3) is 3.96. The van der Waals surface area contributed by atoms with Gasteiger partial charge in [-0.2, -0.15) is 0 Å². The van der Waals surface area contributed by atoms with E-state index in [9.17, 15) is 9.18 Å². The monoisotopic (exact) mass is 451 g/mol. The molecule has 1 atom stereocenters. The molecule has 0 saturated carbocycles. The number of nitrogens with one attached hydrogen (secondary N) is 1. The molecule has 2 heterocycles. The second kappa shape index (κ2) is 8.31. The van der Waals surface area contributed by atoms with E-state index in [0.29, 0.717) is 39.6 Å². The summed E-state index contributed by atoms with van der Waals surface area (Å²) in [5, 5.41) is 6.18. The summed E-state index contributed by atoms with van der Waals surface area (Å²) >= 11 is 4.90. The first-order chi connectivity index (χ1) is 13.0. The van der Waals surface area contributed by atoms with Crippen molar-refractivity contribution in [2.45, 2.75) is 25.8 Å². The summed E-state index contributed by atoms with van der Waals surface area (Å²) in [6.45, 7) is 4.09. The number of allylic oxidation sites excluding steroid dienone is 1. The standard InChI is InChI=1S/C19H19BrFN3O2S/c1-3-9-26-18(25)15-14(11-20)23-16(17-22-8-10-27-17)24-19(15,2)12-4-6-13(21)7-5-12/h4-8,10H,3,9,11H2,1-2H3,(H,23,24). The lowest BCUT2D eigenvalue weighted by Gasteiger charge is -2.34. The minimum atomic E-state index is -1.03. The summed E-state index contributed by atoms with van der Waals surface area (Å²) in [7, 11) is 0. The van der Waals surface area contributed by atoms with Gasteiger partial charge in [0, 0.05) is 22.6 Å². The number of aromatic nitrogens is 1. The Balaban J connectivity index is 2.15. The maximum absolute atomic E-state index is 13.5. The molecule has 0 radical (unpaired) electrons. The average molecular weight is 452 g/mol. The quantitative estimate of drug-likeness (QED) is 0.529. The molecule has 3 rings (SSSR count). The largest absolute Gasteiger partial charge is 0.462 e. The van der Waals surface area contributed by atoms with Crippen LogP contribution in [0.2, 0.25) is 0 Å². The Labute approximate surface area is 169 Å². The number of esters is 1. The number of alkyl halides is 1. The second-order valence-electron chi connectivity index (χ2n) is 6.12. The molecule has 27 heavy (non-hydrogen) atoms. The van der Waals surface area contributed by atoms with E-state index in [-0.39, 0.29) is 5.82 Å². The molecule has 0 bridgehead atoms. The first-order valence-corrected chi connectivity index (χ1v) is 10.5. The van der Waals surface area contributed by atoms with Crippen molar-refractivity contribution >= 4 is 39.1 Å². The van der Waals surface area contributed by atoms with Crippen molar-refractivity contribution in [2.75, 3.05) is 11.9 Å². The summed E-state index contributed by atoms with van der Waals surface area (Å²) in [6.07, 6.45) is 2.42. The van der Waals surface area contributed by atoms with E-state index in [1.165, 1.54) is 23.5 Å². The van der Waals surface area contributed by atoms with Gasteiger partial charge in [-0.1, -0.05) is 35.0 Å². The van der Waals surface area contributed by atoms with Gasteiger partial charge in [-0.15, -0.1) is 11.3 Å². The van der Waals surface area contributed by atoms with Gasteiger partial charge in [-0.3, -0.25) is 0 Å². The Morgan fingerprint density at radius 2 is 2.11 bits per heavy atom. The molecule has 0 aliphatic carbocycles. The van der Waals surface area contributed by atoms with Crippen molar-refractivity contribution in [3.8, 4) is 0 Å². The lowest BCUT2D eigenvalue weighted by atomic mass is 9.82. The fourth-order valence-corrected chi connectivity index (χ4v) is 3.92. The van der Waals surface area contributed by atoms with Crippen molar-refractivity contribution < 1.29 is 13.9 Å². The van der Waals surface area contributed by atoms with Crippen molar-refractivity contribution in [1.29, 1.82) is 0 Å². The molecule has 1 aromatic heterocycles. The molecule has 2 aromatic rings. The van der Waals surface area contributed by atoms with Crippen molar-refractivity contribution in [1.82, 2.24) is 10.3 Å². The van der Waals surface area contributed by atoms with Crippen molar-refractivity contribution in [3.63, 3.8) is 0 Å². The van der Waals surface area contributed by atoms with Crippen LogP contribution in [0.4, 0.5) is 4.39 Å². The van der Waals surface area contributed by atoms with Crippen LogP contribution < -0.4 is 5.32 Å². The van der Waals surface area contributed by atoms with E-state index in [2.05, 4.69) is 26.2 Å². The Bertz CT molecular complexity index is 881. The topological polar surface area (TPSA) is 63.6 Å². The van der Waals surface area contributed by atoms with Crippen LogP contribution in [-0.2, 0) is 15.1 Å². The molecule has 1 unspecified atom stereocenters. The van der Waals surface area contributed by atoms with Gasteiger partial charge in [0.2, 0.25) is 0 Å². The number of nitrogens with zero attached hydrogens (tertiary/aromatic N) is 2. The fourth-order valence-electron chi connectivity index (χ4n) is 2.92. The van der Waals surface area contributed by atoms with E-state index in [4.69, 9.17) is 9.73 Å². The Morgan fingerprint density at radius 3 is 2.70 bits per heavy atom. The summed E-state index contributed by atoms with van der Waals surface area (Å²) in [5.41, 5.74) is 0.720. The zero-order chi connectivity index (χ0) is 19.4. The number of carbonyl (C=O) groups is 1. The van der Waals surface area contributed by atoms with Gasteiger partial charge in [-0.25, -0.2) is 19.2 Å². The molecule has 5 nitrogen and oxygen atoms in total. The number of halogens is 2. The molecule has 142 valence electrons. The normalized spacial score (nSPS) is 19.5. The molecular formula is C19H19BrFN3O2S. The van der Waals surface area contributed by atoms with E-state index in [1.807, 2.05) is 19.2 Å². The van der Waals surface area contributed by atoms with E-state index < -0.39 is 11.5 Å². The SMILES string of the molecule is CCCOC(=O)C1=C(CBr)NC(c2nccs2)=NC1(C)c1ccc(F)cc1. The van der Waals surface area contributed by atoms with Crippen molar-refractivity contribution in [2.24, 2.45) is 4.99 Å². The van der Waals surface area contributed by atoms with E-state index in [1.54, 1.807) is 18.3 Å². The van der Waals surface area contributed by atoms with Gasteiger partial charge in [0.25, 0.3) is 0 Å². The highest BCUT2D eigenvalue weighted by Gasteiger charge is 2.42. The lowest BCUT2D eigenvalue weighted by molar-refractivity contribution is -0.139. The minimum absolute atomic E-state index is 0.320. The maximum Gasteiger partial charge on any atom is 0.338 e. The predicted octanol–water partition coefficient (Wildman–Crippen LogP) is 4.15. The third-order valence-corrected chi connectivity index (χ3v) is 5.55. The van der Waals surface area contributed by atoms with Crippen LogP contribution in [0, 0.1) is 5.82 Å². The summed E-state index contributed by atoms with van der Waals surface area (Å²) in [5.74, 6) is -0.217. The number of thiazole rings is 1. The first-order valence-electron chi connectivity index (χ1n) is 8.49. The molecule has 1 aliphatic rings. The molecule has 1 aromatic carbocycles. The highest BCUT2D eigenvalue weighted by atomic mass is 79.9. The highest BCUT2D eigenvalue weighted by Crippen LogP contribution is 2.39. The minimum Gasteiger partial charge on any atom is -0.462 e. The molecular weight excluding hydrogens is 433 g/mol. The number of benzene rings is 1. The van der Waals surface area contributed by atoms with Crippen LogP contribution in [0.15, 0.2) is 52.1 Å². The Morgan fingerprint density at radius 1 is 1.37 bits per heavy atom. The number of aliphatic imine (C=N–C) groups is 1.